The standard InChI is InChI=1S/C38H77N9/c1-15-18-21-40-28-38(13,14)43-33(41-29(4)46(22-19-16-2)30-24-34(5,6)44-35(7,8)25-30)42-32(39)47(23-20-17-3)31-26-36(9,10)45-37(11,12)27-31/h30-31,40,44-45H,4,15-28H2,1-3,5-14H3,(H3,39,41,42,43). The summed E-state index contributed by atoms with van der Waals surface area (Å²) in [5, 5.41) is 14.9. The molecule has 2 rings (SSSR count). The first-order valence-corrected chi connectivity index (χ1v) is 18.9. The molecule has 0 radical (unpaired) electrons. The first-order valence-electron chi connectivity index (χ1n) is 18.9. The van der Waals surface area contributed by atoms with Crippen molar-refractivity contribution in [2.24, 2.45) is 15.7 Å². The molecule has 47 heavy (non-hydrogen) atoms. The lowest BCUT2D eigenvalue weighted by molar-refractivity contribution is 0.0828. The first-order chi connectivity index (χ1) is 21.6. The van der Waals surface area contributed by atoms with E-state index in [1.807, 2.05) is 0 Å². The van der Waals surface area contributed by atoms with Gasteiger partial charge in [0.2, 0.25) is 5.96 Å². The molecule has 0 unspecified atom stereocenters. The Morgan fingerprint density at radius 1 is 0.766 bits per heavy atom. The lowest BCUT2D eigenvalue weighted by atomic mass is 9.79. The van der Waals surface area contributed by atoms with E-state index in [-0.39, 0.29) is 33.7 Å². The van der Waals surface area contributed by atoms with Crippen molar-refractivity contribution in [3.05, 3.63) is 12.4 Å². The van der Waals surface area contributed by atoms with Crippen LogP contribution < -0.4 is 27.0 Å². The number of guanidine groups is 2. The van der Waals surface area contributed by atoms with Gasteiger partial charge in [0.05, 0.1) is 5.54 Å². The van der Waals surface area contributed by atoms with Crippen molar-refractivity contribution < 1.29 is 0 Å². The predicted molar refractivity (Wildman–Crippen MR) is 205 cm³/mol. The van der Waals surface area contributed by atoms with Crippen LogP contribution in [0, 0.1) is 0 Å². The fraction of sp³-hybridized carbons (Fsp3) is 0.895. The number of unbranched alkanes of at least 4 members (excludes halogenated alkanes) is 3. The number of nitrogens with zero attached hydrogens (tertiary/aromatic N) is 4. The maximum atomic E-state index is 7.04. The minimum atomic E-state index is -0.389. The van der Waals surface area contributed by atoms with Gasteiger partial charge in [-0.15, -0.1) is 0 Å². The van der Waals surface area contributed by atoms with E-state index < -0.39 is 0 Å². The third-order valence-electron chi connectivity index (χ3n) is 9.51. The second-order valence-corrected chi connectivity index (χ2v) is 17.8. The zero-order chi connectivity index (χ0) is 35.7. The van der Waals surface area contributed by atoms with Gasteiger partial charge in [0.25, 0.3) is 0 Å². The summed E-state index contributed by atoms with van der Waals surface area (Å²) >= 11 is 0. The Morgan fingerprint density at radius 2 is 1.19 bits per heavy atom. The average Bonchev–Trinajstić information content (AvgIpc) is 2.87. The number of nitrogens with two attached hydrogens (primary N) is 1. The smallest absolute Gasteiger partial charge is 0.227 e. The van der Waals surface area contributed by atoms with Crippen molar-refractivity contribution in [3.8, 4) is 0 Å². The van der Waals surface area contributed by atoms with E-state index in [4.69, 9.17) is 15.7 Å². The predicted octanol–water partition coefficient (Wildman–Crippen LogP) is 6.71. The van der Waals surface area contributed by atoms with E-state index in [2.05, 4.69) is 128 Å². The molecule has 0 amide bonds. The Bertz CT molecular complexity index is 1010. The van der Waals surface area contributed by atoms with E-state index in [0.717, 1.165) is 89.8 Å². The number of hydrogen-bond donors (Lipinski definition) is 5. The van der Waals surface area contributed by atoms with Crippen LogP contribution in [0.5, 0.6) is 0 Å². The molecule has 0 atom stereocenters. The molecular weight excluding hydrogens is 582 g/mol. The molecule has 0 aromatic heterocycles. The van der Waals surface area contributed by atoms with E-state index in [9.17, 15) is 0 Å². The van der Waals surface area contributed by atoms with Gasteiger partial charge in [-0.2, -0.15) is 4.99 Å². The number of nitrogens with one attached hydrogen (secondary N) is 4. The highest BCUT2D eigenvalue weighted by atomic mass is 15.4. The Morgan fingerprint density at radius 3 is 1.64 bits per heavy atom. The summed E-state index contributed by atoms with van der Waals surface area (Å²) < 4.78 is 0. The van der Waals surface area contributed by atoms with Crippen LogP contribution in [0.3, 0.4) is 0 Å². The molecule has 9 heteroatoms. The molecule has 2 aliphatic heterocycles. The summed E-state index contributed by atoms with van der Waals surface area (Å²) in [4.78, 5) is 15.2. The van der Waals surface area contributed by atoms with Gasteiger partial charge >= 0.3 is 0 Å². The zero-order valence-corrected chi connectivity index (χ0v) is 33.1. The van der Waals surface area contributed by atoms with Crippen LogP contribution in [0.2, 0.25) is 0 Å². The normalized spacial score (nSPS) is 21.8. The molecule has 0 spiro atoms. The van der Waals surface area contributed by atoms with E-state index in [1.54, 1.807) is 0 Å². The van der Waals surface area contributed by atoms with Crippen molar-refractivity contribution in [3.63, 3.8) is 0 Å². The van der Waals surface area contributed by atoms with Crippen LogP contribution in [0.1, 0.15) is 154 Å². The summed E-state index contributed by atoms with van der Waals surface area (Å²) in [7, 11) is 0. The van der Waals surface area contributed by atoms with Crippen LogP contribution in [0.4, 0.5) is 0 Å². The summed E-state index contributed by atoms with van der Waals surface area (Å²) in [6.45, 7) is 37.7. The van der Waals surface area contributed by atoms with Crippen LogP contribution in [0.25, 0.3) is 0 Å². The quantitative estimate of drug-likeness (QED) is 0.0713. The average molecular weight is 660 g/mol. The third kappa shape index (κ3) is 14.3. The van der Waals surface area contributed by atoms with Crippen molar-refractivity contribution in [2.45, 2.75) is 194 Å². The van der Waals surface area contributed by atoms with E-state index in [1.165, 1.54) is 6.42 Å². The minimum Gasteiger partial charge on any atom is -0.369 e. The van der Waals surface area contributed by atoms with Gasteiger partial charge in [-0.1, -0.05) is 46.6 Å². The topological polar surface area (TPSA) is 105 Å². The molecule has 9 nitrogen and oxygen atoms in total. The van der Waals surface area contributed by atoms with E-state index >= 15 is 0 Å². The van der Waals surface area contributed by atoms with Crippen LogP contribution in [-0.2, 0) is 0 Å². The molecule has 0 bridgehead atoms. The Balaban J connectivity index is 2.53. The maximum Gasteiger partial charge on any atom is 0.227 e. The lowest BCUT2D eigenvalue weighted by Crippen LogP contribution is -2.63. The van der Waals surface area contributed by atoms with E-state index in [0.29, 0.717) is 18.0 Å². The fourth-order valence-electron chi connectivity index (χ4n) is 8.13. The summed E-state index contributed by atoms with van der Waals surface area (Å²) in [5.41, 5.74) is 6.71. The van der Waals surface area contributed by atoms with Crippen molar-refractivity contribution >= 4 is 11.9 Å². The van der Waals surface area contributed by atoms with Crippen molar-refractivity contribution in [1.29, 1.82) is 0 Å². The van der Waals surface area contributed by atoms with Crippen LogP contribution in [-0.4, -0.2) is 87.7 Å². The van der Waals surface area contributed by atoms with Crippen LogP contribution in [0.15, 0.2) is 22.4 Å². The van der Waals surface area contributed by atoms with Gasteiger partial charge in [0.15, 0.2) is 5.96 Å². The van der Waals surface area contributed by atoms with Crippen molar-refractivity contribution in [2.75, 3.05) is 26.2 Å². The minimum absolute atomic E-state index is 0.00293. The van der Waals surface area contributed by atoms with Gasteiger partial charge in [-0.05, 0) is 121 Å². The largest absolute Gasteiger partial charge is 0.369 e. The second-order valence-electron chi connectivity index (χ2n) is 17.8. The van der Waals surface area contributed by atoms with Gasteiger partial charge in [-0.3, -0.25) is 0 Å². The molecule has 2 heterocycles. The lowest BCUT2D eigenvalue weighted by Gasteiger charge is -2.50. The number of piperidine rings is 2. The fourth-order valence-corrected chi connectivity index (χ4v) is 8.13. The Hall–Kier alpha value is -1.84. The molecule has 0 aromatic carbocycles. The summed E-state index contributed by atoms with van der Waals surface area (Å²) in [6, 6.07) is 0.629. The first kappa shape index (κ1) is 41.3. The Labute approximate surface area is 290 Å². The SMILES string of the molecule is C=C(NC(=NC(C)(C)CNCCCC)N=C(N)N(CCCC)C1CC(C)(C)NC(C)(C)C1)N(CCCC)C1CC(C)(C)NC(C)(C)C1. The summed E-state index contributed by atoms with van der Waals surface area (Å²) in [6.07, 6.45) is 10.8. The molecule has 0 saturated carbocycles. The highest BCUT2D eigenvalue weighted by Gasteiger charge is 2.42. The molecule has 2 fully saturated rings. The molecule has 0 aromatic rings. The van der Waals surface area contributed by atoms with Gasteiger partial charge in [0.1, 0.15) is 5.82 Å². The molecule has 2 saturated heterocycles. The molecule has 6 N–H and O–H groups in total. The third-order valence-corrected chi connectivity index (χ3v) is 9.51. The van der Waals surface area contributed by atoms with Gasteiger partial charge in [-0.25, -0.2) is 4.99 Å². The second kappa shape index (κ2) is 17.2. The van der Waals surface area contributed by atoms with Crippen molar-refractivity contribution in [1.82, 2.24) is 31.1 Å². The molecule has 274 valence electrons. The highest BCUT2D eigenvalue weighted by Crippen LogP contribution is 2.34. The maximum absolute atomic E-state index is 7.04. The number of hydrogen-bond acceptors (Lipinski definition) is 5. The Kier molecular flexibility index (Phi) is 15.1. The molecule has 0 aliphatic carbocycles. The number of aliphatic imine (C=N–C) groups is 2. The number of rotatable bonds is 16. The van der Waals surface area contributed by atoms with Crippen LogP contribution >= 0.6 is 0 Å². The highest BCUT2D eigenvalue weighted by molar-refractivity contribution is 5.95. The zero-order valence-electron chi connectivity index (χ0n) is 33.1. The molecule has 2 aliphatic rings. The molecular formula is C38H77N9. The van der Waals surface area contributed by atoms with Gasteiger partial charge in [0, 0.05) is 53.9 Å². The monoisotopic (exact) mass is 660 g/mol. The summed E-state index contributed by atoms with van der Waals surface area (Å²) in [5.74, 6) is 1.93. The van der Waals surface area contributed by atoms with Gasteiger partial charge < -0.3 is 36.8 Å².